The second-order valence-corrected chi connectivity index (χ2v) is 7.92. The topological polar surface area (TPSA) is 86.3 Å². The number of hydrogen-bond donors (Lipinski definition) is 1. The summed E-state index contributed by atoms with van der Waals surface area (Å²) in [5.41, 5.74) is 0.691. The summed E-state index contributed by atoms with van der Waals surface area (Å²) >= 11 is 0. The fraction of sp³-hybridized carbons (Fsp3) is 0.500. The largest absolute Gasteiger partial charge is 0.413 e. The van der Waals surface area contributed by atoms with Crippen LogP contribution in [-0.2, 0) is 0 Å². The van der Waals surface area contributed by atoms with Crippen molar-refractivity contribution in [1.82, 2.24) is 24.4 Å². The molecule has 0 saturated heterocycles. The minimum absolute atomic E-state index is 0.0873. The van der Waals surface area contributed by atoms with Gasteiger partial charge in [0.25, 0.3) is 11.8 Å². The molecule has 3 heterocycles. The highest BCUT2D eigenvalue weighted by Gasteiger charge is 2.27. The molecule has 1 N–H and O–H groups in total. The molecule has 1 aliphatic carbocycles. The molecule has 3 aromatic heterocycles. The van der Waals surface area contributed by atoms with Crippen molar-refractivity contribution in [3.63, 3.8) is 0 Å². The number of anilines is 1. The lowest BCUT2D eigenvalue weighted by Crippen LogP contribution is -2.21. The molecule has 0 radical (unpaired) electrons. The van der Waals surface area contributed by atoms with Crippen LogP contribution in [0.2, 0.25) is 0 Å². The van der Waals surface area contributed by atoms with Gasteiger partial charge in [0.05, 0.1) is 18.4 Å². The van der Waals surface area contributed by atoms with Gasteiger partial charge in [-0.25, -0.2) is 9.50 Å². The number of carbonyl (C=O) groups excluding carboxylic acids is 1. The molecule has 4 rings (SSSR count). The lowest BCUT2D eigenvalue weighted by molar-refractivity contribution is -0.0529. The number of halogens is 2. The molecule has 1 saturated carbocycles. The van der Waals surface area contributed by atoms with Gasteiger partial charge in [-0.15, -0.1) is 5.10 Å². The van der Waals surface area contributed by atoms with E-state index in [2.05, 4.69) is 39.1 Å². The Kier molecular flexibility index (Phi) is 5.65. The lowest BCUT2D eigenvalue weighted by atomic mass is 9.80. The van der Waals surface area contributed by atoms with Crippen LogP contribution < -0.4 is 10.1 Å². The monoisotopic (exact) mass is 418 g/mol. The summed E-state index contributed by atoms with van der Waals surface area (Å²) in [5, 5.41) is 10.9. The molecule has 0 atom stereocenters. The van der Waals surface area contributed by atoms with Gasteiger partial charge >= 0.3 is 6.61 Å². The van der Waals surface area contributed by atoms with Crippen molar-refractivity contribution in [2.24, 2.45) is 11.8 Å². The molecule has 3 aromatic rings. The number of nitrogens with one attached hydrogen (secondary N) is 1. The van der Waals surface area contributed by atoms with Crippen LogP contribution in [0.15, 0.2) is 30.9 Å². The molecule has 0 aromatic carbocycles. The van der Waals surface area contributed by atoms with Crippen LogP contribution in [0.25, 0.3) is 5.65 Å². The normalized spacial score (nSPS) is 19.5. The van der Waals surface area contributed by atoms with Crippen molar-refractivity contribution in [3.05, 3.63) is 36.4 Å². The summed E-state index contributed by atoms with van der Waals surface area (Å²) in [6.07, 6.45) is 10.1. The number of rotatable bonds is 6. The number of nitrogens with zero attached hydrogens (tertiary/aromatic N) is 5. The Balaban J connectivity index is 1.55. The fourth-order valence-electron chi connectivity index (χ4n) is 4.03. The second-order valence-electron chi connectivity index (χ2n) is 7.92. The van der Waals surface area contributed by atoms with Gasteiger partial charge in [-0.1, -0.05) is 13.8 Å². The van der Waals surface area contributed by atoms with Crippen LogP contribution in [0.1, 0.15) is 55.9 Å². The number of ether oxygens (including phenoxy) is 1. The van der Waals surface area contributed by atoms with E-state index in [1.807, 2.05) is 0 Å². The summed E-state index contributed by atoms with van der Waals surface area (Å²) in [7, 11) is 0. The van der Waals surface area contributed by atoms with Crippen LogP contribution in [0.5, 0.6) is 5.88 Å². The van der Waals surface area contributed by atoms with Gasteiger partial charge in [-0.3, -0.25) is 9.48 Å². The molecule has 10 heteroatoms. The van der Waals surface area contributed by atoms with Crippen molar-refractivity contribution in [2.45, 2.75) is 52.2 Å². The number of carbonyl (C=O) groups is 1. The van der Waals surface area contributed by atoms with Gasteiger partial charge in [0.2, 0.25) is 0 Å². The summed E-state index contributed by atoms with van der Waals surface area (Å²) in [5.74, 6) is 0.464. The van der Waals surface area contributed by atoms with E-state index >= 15 is 0 Å². The molecule has 1 aliphatic rings. The van der Waals surface area contributed by atoms with E-state index in [4.69, 9.17) is 0 Å². The average molecular weight is 418 g/mol. The Morgan fingerprint density at radius 3 is 2.73 bits per heavy atom. The quantitative estimate of drug-likeness (QED) is 0.649. The smallest absolute Gasteiger partial charge is 0.388 e. The lowest BCUT2D eigenvalue weighted by Gasteiger charge is -2.30. The Morgan fingerprint density at radius 1 is 1.27 bits per heavy atom. The second kappa shape index (κ2) is 8.37. The molecule has 0 unspecified atom stereocenters. The molecular formula is C20H24F2N6O2. The maximum absolute atomic E-state index is 12.9. The van der Waals surface area contributed by atoms with E-state index in [9.17, 15) is 13.6 Å². The van der Waals surface area contributed by atoms with Crippen LogP contribution >= 0.6 is 0 Å². The summed E-state index contributed by atoms with van der Waals surface area (Å²) < 4.78 is 33.5. The summed E-state index contributed by atoms with van der Waals surface area (Å²) in [4.78, 5) is 16.9. The molecule has 1 amide bonds. The van der Waals surface area contributed by atoms with Gasteiger partial charge in [0.1, 0.15) is 11.3 Å². The van der Waals surface area contributed by atoms with Crippen molar-refractivity contribution >= 4 is 17.2 Å². The molecule has 0 bridgehead atoms. The standard InChI is InChI=1S/C20H24F2N6O2/c1-12(2)13-4-6-14(7-5-13)28-11-16(19(26-28)30-20(21)22)25-18(29)15-10-24-27-9-3-8-23-17(15)27/h3,8-14,20H,4-7H2,1-2H3,(H,25,29). The average Bonchev–Trinajstić information content (AvgIpc) is 3.32. The Morgan fingerprint density at radius 2 is 2.03 bits per heavy atom. The first-order valence-electron chi connectivity index (χ1n) is 10.1. The van der Waals surface area contributed by atoms with Crippen LogP contribution in [0.4, 0.5) is 14.5 Å². The Hall–Kier alpha value is -3.04. The van der Waals surface area contributed by atoms with Gasteiger partial charge in [-0.2, -0.15) is 13.9 Å². The summed E-state index contributed by atoms with van der Waals surface area (Å²) in [6.45, 7) is 1.40. The van der Waals surface area contributed by atoms with E-state index in [0.717, 1.165) is 25.7 Å². The maximum Gasteiger partial charge on any atom is 0.388 e. The SMILES string of the molecule is CC(C)C1CCC(n2cc(NC(=O)c3cnn4cccnc34)c(OC(F)F)n2)CC1. The fourth-order valence-corrected chi connectivity index (χ4v) is 4.03. The first kappa shape index (κ1) is 20.2. The van der Waals surface area contributed by atoms with Crippen molar-refractivity contribution < 1.29 is 18.3 Å². The van der Waals surface area contributed by atoms with E-state index in [1.54, 1.807) is 29.3 Å². The van der Waals surface area contributed by atoms with Gasteiger partial charge in [-0.05, 0) is 43.6 Å². The first-order chi connectivity index (χ1) is 14.4. The zero-order chi connectivity index (χ0) is 21.3. The highest BCUT2D eigenvalue weighted by molar-refractivity contribution is 6.08. The number of hydrogen-bond acceptors (Lipinski definition) is 5. The Bertz CT molecular complexity index is 1020. The molecule has 30 heavy (non-hydrogen) atoms. The number of aromatic nitrogens is 5. The minimum atomic E-state index is -3.04. The molecule has 0 aliphatic heterocycles. The number of alkyl halides is 2. The van der Waals surface area contributed by atoms with Gasteiger partial charge in [0, 0.05) is 12.4 Å². The van der Waals surface area contributed by atoms with Gasteiger partial charge in [0.15, 0.2) is 5.65 Å². The molecule has 8 nitrogen and oxygen atoms in total. The highest BCUT2D eigenvalue weighted by atomic mass is 19.3. The first-order valence-corrected chi connectivity index (χ1v) is 10.1. The third kappa shape index (κ3) is 4.12. The molecule has 160 valence electrons. The van der Waals surface area contributed by atoms with Crippen LogP contribution in [0, 0.1) is 11.8 Å². The van der Waals surface area contributed by atoms with Crippen molar-refractivity contribution in [3.8, 4) is 5.88 Å². The zero-order valence-electron chi connectivity index (χ0n) is 16.8. The zero-order valence-corrected chi connectivity index (χ0v) is 16.8. The van der Waals surface area contributed by atoms with E-state index in [-0.39, 0.29) is 23.2 Å². The predicted molar refractivity (Wildman–Crippen MR) is 106 cm³/mol. The minimum Gasteiger partial charge on any atom is -0.413 e. The van der Waals surface area contributed by atoms with Gasteiger partial charge < -0.3 is 10.1 Å². The van der Waals surface area contributed by atoms with E-state index < -0.39 is 12.5 Å². The third-order valence-electron chi connectivity index (χ3n) is 5.73. The van der Waals surface area contributed by atoms with Crippen LogP contribution in [0.3, 0.4) is 0 Å². The molecule has 1 fully saturated rings. The van der Waals surface area contributed by atoms with Crippen LogP contribution in [-0.4, -0.2) is 36.9 Å². The van der Waals surface area contributed by atoms with Crippen molar-refractivity contribution in [2.75, 3.05) is 5.32 Å². The van der Waals surface area contributed by atoms with E-state index in [0.29, 0.717) is 17.5 Å². The van der Waals surface area contributed by atoms with Crippen molar-refractivity contribution in [1.29, 1.82) is 0 Å². The highest BCUT2D eigenvalue weighted by Crippen LogP contribution is 2.37. The third-order valence-corrected chi connectivity index (χ3v) is 5.73. The predicted octanol–water partition coefficient (Wildman–Crippen LogP) is 4.17. The molecule has 0 spiro atoms. The summed E-state index contributed by atoms with van der Waals surface area (Å²) in [6, 6.07) is 1.78. The maximum atomic E-state index is 12.9. The molecular weight excluding hydrogens is 394 g/mol. The Labute approximate surface area is 172 Å². The number of amides is 1. The van der Waals surface area contributed by atoms with E-state index in [1.165, 1.54) is 10.7 Å². The number of fused-ring (bicyclic) bond motifs is 1.